The lowest BCUT2D eigenvalue weighted by Crippen LogP contribution is -2.37. The molecule has 1 N–H and O–H groups in total. The van der Waals surface area contributed by atoms with E-state index in [0.29, 0.717) is 17.4 Å². The highest BCUT2D eigenvalue weighted by Crippen LogP contribution is 2.43. The number of allylic oxidation sites excluding steroid dienone is 16. The maximum atomic E-state index is 12.9. The van der Waals surface area contributed by atoms with Crippen LogP contribution in [0.4, 0.5) is 0 Å². The second-order valence-electron chi connectivity index (χ2n) is 24.9. The number of ether oxygens (including phenoxy) is 2. The highest BCUT2D eigenvalue weighted by atomic mass is 31.2. The summed E-state index contributed by atoms with van der Waals surface area (Å²) in [4.78, 5) is 35.9. The second-order valence-corrected chi connectivity index (χ2v) is 26.4. The van der Waals surface area contributed by atoms with Crippen molar-refractivity contribution in [1.29, 1.82) is 0 Å². The van der Waals surface area contributed by atoms with Gasteiger partial charge in [0.05, 0.1) is 27.7 Å². The van der Waals surface area contributed by atoms with Crippen molar-refractivity contribution in [3.8, 4) is 0 Å². The zero-order chi connectivity index (χ0) is 61.9. The first-order chi connectivity index (χ1) is 41.5. The van der Waals surface area contributed by atoms with E-state index in [1.54, 1.807) is 0 Å². The molecule has 9 nitrogen and oxygen atoms in total. The zero-order valence-corrected chi connectivity index (χ0v) is 57.0. The van der Waals surface area contributed by atoms with Gasteiger partial charge in [-0.25, -0.2) is 4.57 Å². The average molecular weight is 1210 g/mol. The van der Waals surface area contributed by atoms with Crippen LogP contribution in [0.25, 0.3) is 0 Å². The van der Waals surface area contributed by atoms with Crippen LogP contribution in [-0.2, 0) is 32.7 Å². The van der Waals surface area contributed by atoms with Crippen molar-refractivity contribution in [2.24, 2.45) is 0 Å². The molecule has 0 fully saturated rings. The van der Waals surface area contributed by atoms with E-state index in [0.717, 1.165) is 96.3 Å². The van der Waals surface area contributed by atoms with Gasteiger partial charge in [0.25, 0.3) is 0 Å². The molecule has 0 aromatic carbocycles. The summed E-state index contributed by atoms with van der Waals surface area (Å²) in [6.45, 7) is 4.35. The predicted octanol–water partition coefficient (Wildman–Crippen LogP) is 23.1. The van der Waals surface area contributed by atoms with Crippen LogP contribution in [0.1, 0.15) is 316 Å². The van der Waals surface area contributed by atoms with E-state index in [1.165, 1.54) is 186 Å². The number of quaternary nitrogens is 1. The van der Waals surface area contributed by atoms with Gasteiger partial charge in [0.15, 0.2) is 6.10 Å². The topological polar surface area (TPSA) is 108 Å². The van der Waals surface area contributed by atoms with Crippen LogP contribution < -0.4 is 0 Å². The Hall–Kier alpha value is -3.07. The zero-order valence-electron chi connectivity index (χ0n) is 56.1. The Morgan fingerprint density at radius 2 is 0.671 bits per heavy atom. The van der Waals surface area contributed by atoms with Crippen LogP contribution in [-0.4, -0.2) is 74.9 Å². The predicted molar refractivity (Wildman–Crippen MR) is 367 cm³/mol. The van der Waals surface area contributed by atoms with E-state index in [9.17, 15) is 19.0 Å². The van der Waals surface area contributed by atoms with Crippen molar-refractivity contribution in [3.63, 3.8) is 0 Å². The summed E-state index contributed by atoms with van der Waals surface area (Å²) in [5.74, 6) is -0.798. The maximum absolute atomic E-state index is 12.9. The van der Waals surface area contributed by atoms with E-state index in [1.807, 2.05) is 21.1 Å². The van der Waals surface area contributed by atoms with Crippen LogP contribution in [0.2, 0.25) is 0 Å². The SMILES string of the molecule is CC/C=C\C/C=C\C/C=C\C/C=C\C/C=C\C/C=C\C/C=C\C/C=C\CCCCCCCCCCC(=O)OC(COC(=O)CCCCCCCCCCCCCCCCCCCCCCCCCCCCCC)COP(=O)(O)OCC[N+](C)(C)C. The number of hydrogen-bond acceptors (Lipinski definition) is 7. The lowest BCUT2D eigenvalue weighted by atomic mass is 10.0. The molecule has 0 bridgehead atoms. The molecule has 2 unspecified atom stereocenters. The summed E-state index contributed by atoms with van der Waals surface area (Å²) < 4.78 is 34.7. The first-order valence-electron chi connectivity index (χ1n) is 35.5. The van der Waals surface area contributed by atoms with Gasteiger partial charge in [-0.3, -0.25) is 18.6 Å². The number of phosphoric acid groups is 1. The third-order valence-corrected chi connectivity index (χ3v) is 16.4. The van der Waals surface area contributed by atoms with E-state index < -0.39 is 26.5 Å². The summed E-state index contributed by atoms with van der Waals surface area (Å²) in [6, 6.07) is 0. The first-order valence-corrected chi connectivity index (χ1v) is 37.0. The fourth-order valence-electron chi connectivity index (χ4n) is 9.98. The fourth-order valence-corrected chi connectivity index (χ4v) is 10.7. The lowest BCUT2D eigenvalue weighted by Gasteiger charge is -2.24. The van der Waals surface area contributed by atoms with Crippen molar-refractivity contribution in [1.82, 2.24) is 0 Å². The number of rotatable bonds is 65. The fraction of sp³-hybridized carbons (Fsp3) is 0.760. The molecular weight excluding hydrogens is 1070 g/mol. The number of phosphoric ester groups is 1. The molecule has 0 spiro atoms. The van der Waals surface area contributed by atoms with Crippen LogP contribution in [0.15, 0.2) is 97.2 Å². The lowest BCUT2D eigenvalue weighted by molar-refractivity contribution is -0.870. The molecule has 85 heavy (non-hydrogen) atoms. The molecule has 0 aliphatic heterocycles. The molecule has 0 amide bonds. The monoisotopic (exact) mass is 1210 g/mol. The summed E-state index contributed by atoms with van der Waals surface area (Å²) in [7, 11) is 1.47. The summed E-state index contributed by atoms with van der Waals surface area (Å²) >= 11 is 0. The van der Waals surface area contributed by atoms with E-state index in [4.69, 9.17) is 18.5 Å². The van der Waals surface area contributed by atoms with Gasteiger partial charge in [0, 0.05) is 12.8 Å². The molecule has 492 valence electrons. The second kappa shape index (κ2) is 65.4. The summed E-state index contributed by atoms with van der Waals surface area (Å²) in [6.07, 6.45) is 90.8. The summed E-state index contributed by atoms with van der Waals surface area (Å²) in [5.41, 5.74) is 0. The molecule has 0 saturated heterocycles. The quantitative estimate of drug-likeness (QED) is 0.0211. The Bertz CT molecular complexity index is 1760. The van der Waals surface area contributed by atoms with Gasteiger partial charge < -0.3 is 18.9 Å². The molecule has 0 radical (unpaired) electrons. The Balaban J connectivity index is 4.08. The largest absolute Gasteiger partial charge is 0.472 e. The Morgan fingerprint density at radius 1 is 0.376 bits per heavy atom. The maximum Gasteiger partial charge on any atom is 0.472 e. The molecule has 0 heterocycles. The van der Waals surface area contributed by atoms with Gasteiger partial charge in [0.2, 0.25) is 0 Å². The summed E-state index contributed by atoms with van der Waals surface area (Å²) in [5, 5.41) is 0. The van der Waals surface area contributed by atoms with Crippen molar-refractivity contribution in [2.45, 2.75) is 322 Å². The third kappa shape index (κ3) is 69.9. The normalized spacial score (nSPS) is 13.7. The number of esters is 2. The number of hydrogen-bond donors (Lipinski definition) is 1. The molecular formula is C75H135NO8P+. The van der Waals surface area contributed by atoms with Crippen LogP contribution in [0, 0.1) is 0 Å². The van der Waals surface area contributed by atoms with Gasteiger partial charge in [0.1, 0.15) is 19.8 Å². The standard InChI is InChI=1S/C75H134NO8P/c1-6-8-10-12-14-16-18-20-22-24-26-28-30-32-34-36-37-38-39-40-42-44-46-48-50-52-54-56-58-60-62-64-66-68-75(78)84-73(72-83-85(79,80)82-70-69-76(3,4)5)71-81-74(77)67-65-63-61-59-57-55-53-51-49-47-45-43-41-35-33-31-29-27-25-23-21-19-17-15-13-11-9-7-2/h8,10,14,16,20,22,26,28,32,34,37-38,40,42,46,48,73H,6-7,9,11-13,15,17-19,21,23-25,27,29-31,33,35-36,39,41,43-45,47,49-72H2,1-5H3/p+1/b10-8-,16-14-,22-20-,28-26-,34-32-,38-37-,42-40-,48-46-. The molecule has 0 aliphatic carbocycles. The Morgan fingerprint density at radius 3 is 1.00 bits per heavy atom. The Kier molecular flexibility index (Phi) is 63.0. The van der Waals surface area contributed by atoms with Crippen molar-refractivity contribution < 1.29 is 42.1 Å². The van der Waals surface area contributed by atoms with E-state index in [2.05, 4.69) is 111 Å². The molecule has 0 saturated carbocycles. The van der Waals surface area contributed by atoms with Gasteiger partial charge in [-0.1, -0.05) is 323 Å². The highest BCUT2D eigenvalue weighted by Gasteiger charge is 2.27. The third-order valence-electron chi connectivity index (χ3n) is 15.4. The van der Waals surface area contributed by atoms with Crippen molar-refractivity contribution in [2.75, 3.05) is 47.5 Å². The van der Waals surface area contributed by atoms with Gasteiger partial charge in [-0.15, -0.1) is 0 Å². The minimum Gasteiger partial charge on any atom is -0.462 e. The minimum absolute atomic E-state index is 0.0273. The van der Waals surface area contributed by atoms with Crippen molar-refractivity contribution >= 4 is 19.8 Å². The first kappa shape index (κ1) is 81.9. The van der Waals surface area contributed by atoms with E-state index >= 15 is 0 Å². The number of unbranched alkanes of at least 4 members (excludes halogenated alkanes) is 35. The van der Waals surface area contributed by atoms with Crippen LogP contribution in [0.3, 0.4) is 0 Å². The Labute approximate surface area is 525 Å². The number of carbonyl (C=O) groups is 2. The van der Waals surface area contributed by atoms with Gasteiger partial charge in [-0.2, -0.15) is 0 Å². The van der Waals surface area contributed by atoms with Crippen LogP contribution in [0.5, 0.6) is 0 Å². The van der Waals surface area contributed by atoms with Gasteiger partial charge in [-0.05, 0) is 77.0 Å². The van der Waals surface area contributed by atoms with Crippen molar-refractivity contribution in [3.05, 3.63) is 97.2 Å². The van der Waals surface area contributed by atoms with Gasteiger partial charge >= 0.3 is 19.8 Å². The minimum atomic E-state index is -4.40. The average Bonchev–Trinajstić information content (AvgIpc) is 3.54. The molecule has 0 rings (SSSR count). The van der Waals surface area contributed by atoms with Crippen LogP contribution >= 0.6 is 7.82 Å². The molecule has 10 heteroatoms. The molecule has 0 aliphatic rings. The number of carbonyl (C=O) groups excluding carboxylic acids is 2. The number of likely N-dealkylation sites (N-methyl/N-ethyl adjacent to an activating group) is 1. The molecule has 0 aromatic rings. The van der Waals surface area contributed by atoms with E-state index in [-0.39, 0.29) is 32.0 Å². The molecule has 0 aromatic heterocycles. The smallest absolute Gasteiger partial charge is 0.462 e. The number of nitrogens with zero attached hydrogens (tertiary/aromatic N) is 1. The highest BCUT2D eigenvalue weighted by molar-refractivity contribution is 7.47. The molecule has 2 atom stereocenters.